The molecule has 0 aliphatic heterocycles. The second kappa shape index (κ2) is 22.0. The van der Waals surface area contributed by atoms with Gasteiger partial charge >= 0.3 is 0 Å². The van der Waals surface area contributed by atoms with E-state index in [4.69, 9.17) is 0 Å². The second-order valence-corrected chi connectivity index (χ2v) is 10.2. The molecule has 0 saturated heterocycles. The Morgan fingerprint density at radius 2 is 0.969 bits per heavy atom. The summed E-state index contributed by atoms with van der Waals surface area (Å²) in [7, 11) is 0. The van der Waals surface area contributed by atoms with Crippen LogP contribution >= 0.6 is 0 Å². The molecule has 0 aliphatic carbocycles. The summed E-state index contributed by atoms with van der Waals surface area (Å²) in [5.41, 5.74) is 0. The normalized spacial score (nSPS) is 11.5. The number of aromatic nitrogens is 2. The molecule has 32 heavy (non-hydrogen) atoms. The summed E-state index contributed by atoms with van der Waals surface area (Å²) in [5, 5.41) is 0. The zero-order valence-corrected chi connectivity index (χ0v) is 22.5. The molecule has 0 saturated carbocycles. The van der Waals surface area contributed by atoms with Crippen molar-refractivity contribution in [1.82, 2.24) is 4.57 Å². The topological polar surface area (TPSA) is 8.81 Å². The lowest BCUT2D eigenvalue weighted by atomic mass is 10.0. The monoisotopic (exact) mass is 447 g/mol. The SMILES string of the molecule is CCCCCCCCCCCCCCCCCCc1n(CCCCCC)cc[n+]1CCC. The van der Waals surface area contributed by atoms with E-state index in [1.807, 2.05) is 0 Å². The number of hydrogen-bond donors (Lipinski definition) is 0. The van der Waals surface area contributed by atoms with Crippen molar-refractivity contribution >= 4 is 0 Å². The minimum absolute atomic E-state index is 1.18. The molecular weight excluding hydrogens is 388 g/mol. The summed E-state index contributed by atoms with van der Waals surface area (Å²) in [5.74, 6) is 1.58. The number of aryl methyl sites for hydroxylation is 2. The fourth-order valence-corrected chi connectivity index (χ4v) is 4.97. The third-order valence-electron chi connectivity index (χ3n) is 7.06. The summed E-state index contributed by atoms with van der Waals surface area (Å²) in [6.45, 7) is 9.29. The Labute approximate surface area is 202 Å². The largest absolute Gasteiger partial charge is 0.256 e. The first kappa shape index (κ1) is 29.2. The van der Waals surface area contributed by atoms with Crippen LogP contribution in [0.2, 0.25) is 0 Å². The second-order valence-electron chi connectivity index (χ2n) is 10.2. The van der Waals surface area contributed by atoms with E-state index in [1.54, 1.807) is 5.82 Å². The van der Waals surface area contributed by atoms with Crippen molar-refractivity contribution in [1.29, 1.82) is 0 Å². The van der Waals surface area contributed by atoms with Gasteiger partial charge in [0.2, 0.25) is 0 Å². The summed E-state index contributed by atoms with van der Waals surface area (Å²) in [6, 6.07) is 0. The molecule has 0 aromatic carbocycles. The van der Waals surface area contributed by atoms with E-state index < -0.39 is 0 Å². The fraction of sp³-hybridized carbons (Fsp3) is 0.900. The first-order chi connectivity index (χ1) is 15.8. The third-order valence-corrected chi connectivity index (χ3v) is 7.06. The summed E-state index contributed by atoms with van der Waals surface area (Å²) < 4.78 is 5.07. The smallest absolute Gasteiger partial charge is 0.234 e. The first-order valence-corrected chi connectivity index (χ1v) is 14.9. The van der Waals surface area contributed by atoms with Gasteiger partial charge in [-0.05, 0) is 25.7 Å². The highest BCUT2D eigenvalue weighted by Crippen LogP contribution is 2.14. The lowest BCUT2D eigenvalue weighted by molar-refractivity contribution is -0.703. The number of rotatable bonds is 24. The van der Waals surface area contributed by atoms with Gasteiger partial charge in [0, 0.05) is 6.42 Å². The molecule has 0 amide bonds. The maximum atomic E-state index is 2.55. The van der Waals surface area contributed by atoms with Crippen molar-refractivity contribution in [2.45, 2.75) is 175 Å². The first-order valence-electron chi connectivity index (χ1n) is 14.9. The van der Waals surface area contributed by atoms with E-state index in [0.717, 1.165) is 0 Å². The highest BCUT2D eigenvalue weighted by atomic mass is 15.1. The van der Waals surface area contributed by atoms with E-state index >= 15 is 0 Å². The minimum Gasteiger partial charge on any atom is -0.234 e. The summed E-state index contributed by atoms with van der Waals surface area (Å²) in [6.07, 6.45) is 35.7. The molecule has 0 spiro atoms. The predicted octanol–water partition coefficient (Wildman–Crippen LogP) is 9.57. The van der Waals surface area contributed by atoms with Crippen LogP contribution in [0.25, 0.3) is 0 Å². The maximum Gasteiger partial charge on any atom is 0.256 e. The third kappa shape index (κ3) is 15.1. The van der Waals surface area contributed by atoms with Crippen LogP contribution in [-0.4, -0.2) is 4.57 Å². The standard InChI is InChI=1S/C30H59N2/c1-4-7-9-11-12-13-14-15-16-17-18-19-20-21-22-23-25-30-31(26-6-3)28-29-32(30)27-24-10-8-5-2/h28-29H,4-27H2,1-3H3/q+1. The fourth-order valence-electron chi connectivity index (χ4n) is 4.97. The number of hydrogen-bond acceptors (Lipinski definition) is 0. The van der Waals surface area contributed by atoms with Gasteiger partial charge in [0.25, 0.3) is 5.82 Å². The molecule has 0 aliphatic rings. The van der Waals surface area contributed by atoms with Crippen LogP contribution in [0.3, 0.4) is 0 Å². The molecule has 188 valence electrons. The quantitative estimate of drug-likeness (QED) is 0.110. The zero-order chi connectivity index (χ0) is 23.1. The molecule has 2 nitrogen and oxygen atoms in total. The van der Waals surface area contributed by atoms with Gasteiger partial charge < -0.3 is 0 Å². The van der Waals surface area contributed by atoms with Crippen LogP contribution in [-0.2, 0) is 19.5 Å². The van der Waals surface area contributed by atoms with Gasteiger partial charge in [-0.25, -0.2) is 9.13 Å². The zero-order valence-electron chi connectivity index (χ0n) is 22.5. The van der Waals surface area contributed by atoms with Crippen molar-refractivity contribution in [2.75, 3.05) is 0 Å². The molecule has 0 unspecified atom stereocenters. The van der Waals surface area contributed by atoms with Crippen molar-refractivity contribution in [3.05, 3.63) is 18.2 Å². The van der Waals surface area contributed by atoms with Crippen molar-refractivity contribution in [3.63, 3.8) is 0 Å². The summed E-state index contributed by atoms with van der Waals surface area (Å²) in [4.78, 5) is 0. The Bertz CT molecular complexity index is 505. The predicted molar refractivity (Wildman–Crippen MR) is 142 cm³/mol. The van der Waals surface area contributed by atoms with Crippen LogP contribution in [0.1, 0.15) is 161 Å². The van der Waals surface area contributed by atoms with E-state index in [1.165, 1.54) is 154 Å². The lowest BCUT2D eigenvalue weighted by Gasteiger charge is -2.06. The van der Waals surface area contributed by atoms with Crippen LogP contribution < -0.4 is 4.57 Å². The van der Waals surface area contributed by atoms with Crippen LogP contribution in [0.15, 0.2) is 12.4 Å². The Kier molecular flexibility index (Phi) is 20.1. The lowest BCUT2D eigenvalue weighted by Crippen LogP contribution is -2.37. The van der Waals surface area contributed by atoms with Gasteiger partial charge in [0.15, 0.2) is 0 Å². The van der Waals surface area contributed by atoms with Crippen LogP contribution in [0.4, 0.5) is 0 Å². The number of nitrogens with zero attached hydrogens (tertiary/aromatic N) is 2. The van der Waals surface area contributed by atoms with E-state index in [2.05, 4.69) is 42.3 Å². The molecule has 0 fully saturated rings. The number of unbranched alkanes of at least 4 members (excludes halogenated alkanes) is 18. The highest BCUT2D eigenvalue weighted by Gasteiger charge is 2.15. The van der Waals surface area contributed by atoms with Crippen molar-refractivity contribution in [2.24, 2.45) is 0 Å². The molecule has 0 bridgehead atoms. The van der Waals surface area contributed by atoms with Crippen molar-refractivity contribution < 1.29 is 4.57 Å². The Hall–Kier alpha value is -0.790. The highest BCUT2D eigenvalue weighted by molar-refractivity contribution is 4.84. The van der Waals surface area contributed by atoms with E-state index in [-0.39, 0.29) is 0 Å². The van der Waals surface area contributed by atoms with Gasteiger partial charge in [0.1, 0.15) is 12.4 Å². The molecule has 0 radical (unpaired) electrons. The average Bonchev–Trinajstić information content (AvgIpc) is 3.18. The summed E-state index contributed by atoms with van der Waals surface area (Å²) >= 11 is 0. The van der Waals surface area contributed by atoms with E-state index in [9.17, 15) is 0 Å². The van der Waals surface area contributed by atoms with Gasteiger partial charge in [0.05, 0.1) is 13.1 Å². The molecule has 1 aromatic rings. The molecule has 2 heteroatoms. The Balaban J connectivity index is 2.01. The van der Waals surface area contributed by atoms with Gasteiger partial charge in [-0.2, -0.15) is 0 Å². The number of imidazole rings is 1. The Morgan fingerprint density at radius 1 is 0.531 bits per heavy atom. The maximum absolute atomic E-state index is 2.55. The minimum atomic E-state index is 1.18. The van der Waals surface area contributed by atoms with Gasteiger partial charge in [-0.15, -0.1) is 0 Å². The van der Waals surface area contributed by atoms with Gasteiger partial charge in [-0.3, -0.25) is 0 Å². The van der Waals surface area contributed by atoms with Gasteiger partial charge in [-0.1, -0.05) is 130 Å². The molecule has 0 atom stereocenters. The van der Waals surface area contributed by atoms with E-state index in [0.29, 0.717) is 0 Å². The Morgan fingerprint density at radius 3 is 1.44 bits per heavy atom. The van der Waals surface area contributed by atoms with Crippen molar-refractivity contribution in [3.8, 4) is 0 Å². The molecular formula is C30H59N2+. The molecule has 1 aromatic heterocycles. The molecule has 1 heterocycles. The van der Waals surface area contributed by atoms with Crippen LogP contribution in [0.5, 0.6) is 0 Å². The average molecular weight is 448 g/mol. The van der Waals surface area contributed by atoms with Crippen LogP contribution in [0, 0.1) is 0 Å². The molecule has 0 N–H and O–H groups in total. The molecule has 1 rings (SSSR count).